The predicted molar refractivity (Wildman–Crippen MR) is 80.7 cm³/mol. The van der Waals surface area contributed by atoms with Gasteiger partial charge >= 0.3 is 0 Å². The summed E-state index contributed by atoms with van der Waals surface area (Å²) in [5.74, 6) is 1.25. The van der Waals surface area contributed by atoms with Crippen molar-refractivity contribution in [3.8, 4) is 6.07 Å². The highest BCUT2D eigenvalue weighted by Crippen LogP contribution is 2.25. The minimum atomic E-state index is 0.623. The molecule has 0 bridgehead atoms. The average molecular weight is 309 g/mol. The molecule has 0 radical (unpaired) electrons. The lowest BCUT2D eigenvalue weighted by Gasteiger charge is -2.28. The molecule has 0 fully saturated rings. The van der Waals surface area contributed by atoms with Crippen LogP contribution in [0.4, 0.5) is 5.69 Å². The van der Waals surface area contributed by atoms with Crippen LogP contribution in [-0.4, -0.2) is 13.1 Å². The fourth-order valence-corrected chi connectivity index (χ4v) is 2.41. The van der Waals surface area contributed by atoms with Crippen molar-refractivity contribution in [2.24, 2.45) is 11.8 Å². The summed E-state index contributed by atoms with van der Waals surface area (Å²) in [6.07, 6.45) is 0. The maximum absolute atomic E-state index is 8.95. The Hall–Kier alpha value is -1.01. The molecule has 2 nitrogen and oxygen atoms in total. The second kappa shape index (κ2) is 6.80. The molecule has 0 aliphatic carbocycles. The van der Waals surface area contributed by atoms with E-state index in [1.807, 2.05) is 18.2 Å². The van der Waals surface area contributed by atoms with E-state index in [9.17, 15) is 0 Å². The SMILES string of the molecule is CC(C)CN(CC(C)C)c1ccc(C#N)c(Br)c1. The molecule has 0 heterocycles. The number of anilines is 1. The van der Waals surface area contributed by atoms with Crippen LogP contribution in [-0.2, 0) is 0 Å². The summed E-state index contributed by atoms with van der Waals surface area (Å²) < 4.78 is 0.875. The topological polar surface area (TPSA) is 27.0 Å². The van der Waals surface area contributed by atoms with Crippen LogP contribution in [0.2, 0.25) is 0 Å². The second-order valence-corrected chi connectivity index (χ2v) is 6.32. The van der Waals surface area contributed by atoms with Crippen LogP contribution in [0.3, 0.4) is 0 Å². The zero-order valence-corrected chi connectivity index (χ0v) is 13.2. The van der Waals surface area contributed by atoms with Crippen molar-refractivity contribution in [1.29, 1.82) is 5.26 Å². The third-order valence-electron chi connectivity index (χ3n) is 2.61. The van der Waals surface area contributed by atoms with E-state index in [1.165, 1.54) is 5.69 Å². The van der Waals surface area contributed by atoms with Gasteiger partial charge in [-0.2, -0.15) is 5.26 Å². The van der Waals surface area contributed by atoms with Crippen LogP contribution in [0.25, 0.3) is 0 Å². The van der Waals surface area contributed by atoms with Crippen molar-refractivity contribution >= 4 is 21.6 Å². The van der Waals surface area contributed by atoms with Crippen molar-refractivity contribution < 1.29 is 0 Å². The lowest BCUT2D eigenvalue weighted by molar-refractivity contribution is 0.552. The van der Waals surface area contributed by atoms with Crippen LogP contribution in [0, 0.1) is 23.2 Å². The summed E-state index contributed by atoms with van der Waals surface area (Å²) in [7, 11) is 0. The highest BCUT2D eigenvalue weighted by molar-refractivity contribution is 9.10. The lowest BCUT2D eigenvalue weighted by Crippen LogP contribution is -2.31. The molecular weight excluding hydrogens is 288 g/mol. The Morgan fingerprint density at radius 3 is 2.11 bits per heavy atom. The Labute approximate surface area is 119 Å². The summed E-state index contributed by atoms with van der Waals surface area (Å²) in [5.41, 5.74) is 1.87. The van der Waals surface area contributed by atoms with Gasteiger partial charge in [0.15, 0.2) is 0 Å². The first kappa shape index (κ1) is 15.0. The summed E-state index contributed by atoms with van der Waals surface area (Å²) in [6.45, 7) is 11.0. The van der Waals surface area contributed by atoms with E-state index in [2.05, 4.69) is 54.6 Å². The van der Waals surface area contributed by atoms with Crippen molar-refractivity contribution in [2.75, 3.05) is 18.0 Å². The van der Waals surface area contributed by atoms with Gasteiger partial charge in [0.1, 0.15) is 6.07 Å². The van der Waals surface area contributed by atoms with E-state index < -0.39 is 0 Å². The molecule has 0 atom stereocenters. The quantitative estimate of drug-likeness (QED) is 0.804. The van der Waals surface area contributed by atoms with Crippen molar-refractivity contribution in [1.82, 2.24) is 0 Å². The van der Waals surface area contributed by atoms with Crippen LogP contribution < -0.4 is 4.90 Å². The van der Waals surface area contributed by atoms with E-state index in [0.717, 1.165) is 17.6 Å². The minimum Gasteiger partial charge on any atom is -0.371 e. The second-order valence-electron chi connectivity index (χ2n) is 5.47. The zero-order chi connectivity index (χ0) is 13.7. The van der Waals surface area contributed by atoms with Gasteiger partial charge in [0, 0.05) is 23.2 Å². The fraction of sp³-hybridized carbons (Fsp3) is 0.533. The fourth-order valence-electron chi connectivity index (χ4n) is 1.96. The summed E-state index contributed by atoms with van der Waals surface area (Å²) in [5, 5.41) is 8.95. The Balaban J connectivity index is 2.98. The molecule has 1 aromatic carbocycles. The third kappa shape index (κ3) is 4.34. The maximum Gasteiger partial charge on any atom is 0.100 e. The third-order valence-corrected chi connectivity index (χ3v) is 3.27. The molecule has 0 saturated heterocycles. The van der Waals surface area contributed by atoms with Gasteiger partial charge in [-0.05, 0) is 46.0 Å². The van der Waals surface area contributed by atoms with Crippen LogP contribution in [0.5, 0.6) is 0 Å². The average Bonchev–Trinajstić information content (AvgIpc) is 2.26. The zero-order valence-electron chi connectivity index (χ0n) is 11.6. The number of rotatable bonds is 5. The van der Waals surface area contributed by atoms with Gasteiger partial charge in [-0.15, -0.1) is 0 Å². The molecule has 3 heteroatoms. The maximum atomic E-state index is 8.95. The summed E-state index contributed by atoms with van der Waals surface area (Å²) in [6, 6.07) is 8.14. The Bertz CT molecular complexity index is 423. The monoisotopic (exact) mass is 308 g/mol. The Morgan fingerprint density at radius 1 is 1.17 bits per heavy atom. The first-order valence-corrected chi connectivity index (χ1v) is 7.18. The van der Waals surface area contributed by atoms with Gasteiger partial charge in [0.2, 0.25) is 0 Å². The molecular formula is C15H21BrN2. The smallest absolute Gasteiger partial charge is 0.100 e. The molecule has 0 N–H and O–H groups in total. The Morgan fingerprint density at radius 2 is 1.72 bits per heavy atom. The Kier molecular flexibility index (Phi) is 5.68. The molecule has 0 spiro atoms. The van der Waals surface area contributed by atoms with Gasteiger partial charge in [0.05, 0.1) is 5.56 Å². The highest BCUT2D eigenvalue weighted by atomic mass is 79.9. The lowest BCUT2D eigenvalue weighted by atomic mass is 10.1. The van der Waals surface area contributed by atoms with E-state index in [1.54, 1.807) is 0 Å². The van der Waals surface area contributed by atoms with Crippen molar-refractivity contribution in [3.63, 3.8) is 0 Å². The number of nitrogens with zero attached hydrogens (tertiary/aromatic N) is 2. The van der Waals surface area contributed by atoms with Crippen LogP contribution in [0.1, 0.15) is 33.3 Å². The van der Waals surface area contributed by atoms with Gasteiger partial charge in [-0.3, -0.25) is 0 Å². The van der Waals surface area contributed by atoms with Gasteiger partial charge in [-0.25, -0.2) is 0 Å². The molecule has 98 valence electrons. The van der Waals surface area contributed by atoms with Crippen LogP contribution in [0.15, 0.2) is 22.7 Å². The van der Waals surface area contributed by atoms with Gasteiger partial charge < -0.3 is 4.90 Å². The molecule has 0 saturated carbocycles. The first-order valence-electron chi connectivity index (χ1n) is 6.38. The number of hydrogen-bond donors (Lipinski definition) is 0. The molecule has 1 aromatic rings. The highest BCUT2D eigenvalue weighted by Gasteiger charge is 2.12. The normalized spacial score (nSPS) is 10.8. The number of nitriles is 1. The molecule has 0 aliphatic heterocycles. The van der Waals surface area contributed by atoms with Gasteiger partial charge in [-0.1, -0.05) is 27.7 Å². The molecule has 1 rings (SSSR count). The van der Waals surface area contributed by atoms with E-state index >= 15 is 0 Å². The predicted octanol–water partition coefficient (Wildman–Crippen LogP) is 4.44. The molecule has 0 amide bonds. The number of halogens is 1. The van der Waals surface area contributed by atoms with Crippen LogP contribution >= 0.6 is 15.9 Å². The van der Waals surface area contributed by atoms with Crippen molar-refractivity contribution in [3.05, 3.63) is 28.2 Å². The first-order chi connectivity index (χ1) is 8.43. The molecule has 18 heavy (non-hydrogen) atoms. The van der Waals surface area contributed by atoms with E-state index in [-0.39, 0.29) is 0 Å². The number of benzene rings is 1. The van der Waals surface area contributed by atoms with Crippen molar-refractivity contribution in [2.45, 2.75) is 27.7 Å². The summed E-state index contributed by atoms with van der Waals surface area (Å²) in [4.78, 5) is 2.39. The molecule has 0 unspecified atom stereocenters. The van der Waals surface area contributed by atoms with E-state index in [0.29, 0.717) is 17.4 Å². The standard InChI is InChI=1S/C15H21BrN2/c1-11(2)9-18(10-12(3)4)14-6-5-13(8-17)15(16)7-14/h5-7,11-12H,9-10H2,1-4H3. The largest absolute Gasteiger partial charge is 0.371 e. The molecule has 0 aliphatic rings. The van der Waals surface area contributed by atoms with Gasteiger partial charge in [0.25, 0.3) is 0 Å². The van der Waals surface area contributed by atoms with E-state index in [4.69, 9.17) is 5.26 Å². The summed E-state index contributed by atoms with van der Waals surface area (Å²) >= 11 is 3.46. The number of hydrogen-bond acceptors (Lipinski definition) is 2. The minimum absolute atomic E-state index is 0.623. The molecule has 0 aromatic heterocycles.